The van der Waals surface area contributed by atoms with Crippen LogP contribution in [0.5, 0.6) is 0 Å². The van der Waals surface area contributed by atoms with E-state index in [0.29, 0.717) is 12.1 Å². The molecule has 124 valence electrons. The van der Waals surface area contributed by atoms with Crippen molar-refractivity contribution >= 4 is 5.91 Å². The number of carbonyl (C=O) groups is 1. The molecule has 0 saturated carbocycles. The van der Waals surface area contributed by atoms with Gasteiger partial charge in [-0.2, -0.15) is 0 Å². The number of β-amino-alcohol motifs (C(OH)–C–C–N with tert-alkyl or cyclic N) is 1. The number of fused-ring (bicyclic) bond motifs is 1. The maximum atomic E-state index is 11.9. The number of nitrogens with two attached hydrogens (primary N) is 1. The highest BCUT2D eigenvalue weighted by atomic mass is 16.3. The van der Waals surface area contributed by atoms with Gasteiger partial charge in [0.1, 0.15) is 0 Å². The van der Waals surface area contributed by atoms with Crippen molar-refractivity contribution in [2.75, 3.05) is 19.6 Å². The molecule has 0 bridgehead atoms. The Morgan fingerprint density at radius 3 is 2.87 bits per heavy atom. The summed E-state index contributed by atoms with van der Waals surface area (Å²) >= 11 is 0. The molecule has 0 aromatic heterocycles. The Morgan fingerprint density at radius 2 is 2.17 bits per heavy atom. The average molecular weight is 315 g/mol. The van der Waals surface area contributed by atoms with E-state index in [1.165, 1.54) is 17.3 Å². The normalized spacial score (nSPS) is 17.0. The van der Waals surface area contributed by atoms with Gasteiger partial charge in [0.05, 0.1) is 6.10 Å². The zero-order chi connectivity index (χ0) is 16.7. The van der Waals surface area contributed by atoms with Crippen molar-refractivity contribution in [3.63, 3.8) is 0 Å². The Morgan fingerprint density at radius 1 is 1.43 bits per heavy atom. The van der Waals surface area contributed by atoms with Gasteiger partial charge in [0, 0.05) is 31.8 Å². The first-order valence-corrected chi connectivity index (χ1v) is 7.94. The van der Waals surface area contributed by atoms with Crippen molar-refractivity contribution in [1.29, 1.82) is 0 Å². The van der Waals surface area contributed by atoms with Gasteiger partial charge in [-0.15, -0.1) is 0 Å². The van der Waals surface area contributed by atoms with Crippen molar-refractivity contribution < 1.29 is 9.90 Å². The minimum Gasteiger partial charge on any atom is -0.405 e. The molecule has 5 nitrogen and oxygen atoms in total. The van der Waals surface area contributed by atoms with E-state index >= 15 is 0 Å². The monoisotopic (exact) mass is 315 g/mol. The minimum atomic E-state index is -0.593. The number of carbonyl (C=O) groups excluding carboxylic acids is 1. The van der Waals surface area contributed by atoms with Gasteiger partial charge < -0.3 is 16.2 Å². The second-order valence-electron chi connectivity index (χ2n) is 5.72. The third kappa shape index (κ3) is 4.94. The summed E-state index contributed by atoms with van der Waals surface area (Å²) in [5, 5.41) is 12.9. The molecule has 1 heterocycles. The standard InChI is InChI=1S/C18H25N3O2/c1-2-14(7-9-19)18(23)20-11-17(22)13-21-10-8-15-5-3-4-6-16(15)12-21/h2-7,9,17,22H,8,10-13,19H2,1H3,(H,20,23)/b9-7-,14-2+. The first-order chi connectivity index (χ1) is 11.1. The van der Waals surface area contributed by atoms with E-state index in [-0.39, 0.29) is 12.5 Å². The van der Waals surface area contributed by atoms with E-state index in [4.69, 9.17) is 5.73 Å². The summed E-state index contributed by atoms with van der Waals surface area (Å²) in [4.78, 5) is 14.1. The molecule has 0 saturated heterocycles. The summed E-state index contributed by atoms with van der Waals surface area (Å²) in [6.07, 6.45) is 4.97. The molecule has 0 aliphatic carbocycles. The molecule has 1 aliphatic rings. The van der Waals surface area contributed by atoms with Gasteiger partial charge in [0.2, 0.25) is 0 Å². The maximum absolute atomic E-state index is 11.9. The van der Waals surface area contributed by atoms with E-state index in [9.17, 15) is 9.90 Å². The van der Waals surface area contributed by atoms with Crippen molar-refractivity contribution in [2.24, 2.45) is 5.73 Å². The summed E-state index contributed by atoms with van der Waals surface area (Å²) in [5.74, 6) is -0.225. The minimum absolute atomic E-state index is 0.225. The number of hydrogen-bond acceptors (Lipinski definition) is 4. The van der Waals surface area contributed by atoms with Gasteiger partial charge in [0.25, 0.3) is 5.91 Å². The molecule has 4 N–H and O–H groups in total. The molecule has 0 radical (unpaired) electrons. The van der Waals surface area contributed by atoms with Crippen molar-refractivity contribution in [3.8, 4) is 0 Å². The Labute approximate surface area is 137 Å². The number of nitrogens with zero attached hydrogens (tertiary/aromatic N) is 1. The van der Waals surface area contributed by atoms with Crippen LogP contribution in [0.1, 0.15) is 18.1 Å². The number of hydrogen-bond donors (Lipinski definition) is 3. The maximum Gasteiger partial charge on any atom is 0.251 e. The van der Waals surface area contributed by atoms with Crippen LogP contribution in [-0.2, 0) is 17.8 Å². The molecule has 1 unspecified atom stereocenters. The van der Waals surface area contributed by atoms with Crippen LogP contribution in [0, 0.1) is 0 Å². The van der Waals surface area contributed by atoms with Gasteiger partial charge in [-0.25, -0.2) is 0 Å². The Kier molecular flexibility index (Phi) is 6.38. The lowest BCUT2D eigenvalue weighted by atomic mass is 10.00. The number of benzene rings is 1. The van der Waals surface area contributed by atoms with Gasteiger partial charge in [-0.1, -0.05) is 30.3 Å². The van der Waals surface area contributed by atoms with Gasteiger partial charge in [-0.05, 0) is 36.7 Å². The predicted octanol–water partition coefficient (Wildman–Crippen LogP) is 0.941. The second-order valence-corrected chi connectivity index (χ2v) is 5.72. The largest absolute Gasteiger partial charge is 0.405 e. The summed E-state index contributed by atoms with van der Waals surface area (Å²) in [7, 11) is 0. The molecule has 1 aromatic rings. The van der Waals surface area contributed by atoms with E-state index in [1.54, 1.807) is 19.1 Å². The summed E-state index contributed by atoms with van der Waals surface area (Å²) < 4.78 is 0. The lowest BCUT2D eigenvalue weighted by Gasteiger charge is -2.30. The number of amides is 1. The van der Waals surface area contributed by atoms with Crippen LogP contribution < -0.4 is 11.1 Å². The Balaban J connectivity index is 1.80. The molecule has 1 amide bonds. The summed E-state index contributed by atoms with van der Waals surface area (Å²) in [5.41, 5.74) is 8.50. The highest BCUT2D eigenvalue weighted by Gasteiger charge is 2.18. The molecular weight excluding hydrogens is 290 g/mol. The van der Waals surface area contributed by atoms with E-state index < -0.39 is 6.10 Å². The number of rotatable bonds is 6. The lowest BCUT2D eigenvalue weighted by molar-refractivity contribution is -0.117. The third-order valence-corrected chi connectivity index (χ3v) is 4.03. The fourth-order valence-corrected chi connectivity index (χ4v) is 2.79. The van der Waals surface area contributed by atoms with Crippen LogP contribution in [0.2, 0.25) is 0 Å². The number of allylic oxidation sites excluding steroid dienone is 1. The molecule has 5 heteroatoms. The number of aliphatic hydroxyl groups is 1. The SMILES string of the molecule is C/C=C(\C=C/N)C(=O)NCC(O)CN1CCc2ccccc2C1. The van der Waals surface area contributed by atoms with Gasteiger partial charge >= 0.3 is 0 Å². The van der Waals surface area contributed by atoms with Crippen LogP contribution in [-0.4, -0.2) is 41.7 Å². The molecule has 1 atom stereocenters. The van der Waals surface area contributed by atoms with E-state index in [1.807, 2.05) is 6.07 Å². The molecule has 1 aliphatic heterocycles. The molecule has 23 heavy (non-hydrogen) atoms. The van der Waals surface area contributed by atoms with Crippen LogP contribution in [0.3, 0.4) is 0 Å². The Bertz CT molecular complexity index is 596. The molecule has 2 rings (SSSR count). The van der Waals surface area contributed by atoms with Gasteiger partial charge in [-0.3, -0.25) is 9.69 Å². The summed E-state index contributed by atoms with van der Waals surface area (Å²) in [6, 6.07) is 8.40. The predicted molar refractivity (Wildman–Crippen MR) is 91.5 cm³/mol. The highest BCUT2D eigenvalue weighted by Crippen LogP contribution is 2.18. The fraction of sp³-hybridized carbons (Fsp3) is 0.389. The van der Waals surface area contributed by atoms with Crippen LogP contribution in [0.4, 0.5) is 0 Å². The zero-order valence-corrected chi connectivity index (χ0v) is 13.5. The molecule has 1 aromatic carbocycles. The van der Waals surface area contributed by atoms with E-state index in [2.05, 4.69) is 28.4 Å². The van der Waals surface area contributed by atoms with Crippen LogP contribution >= 0.6 is 0 Å². The van der Waals surface area contributed by atoms with Crippen LogP contribution in [0.25, 0.3) is 0 Å². The smallest absolute Gasteiger partial charge is 0.251 e. The number of nitrogens with one attached hydrogen (secondary N) is 1. The average Bonchev–Trinajstić information content (AvgIpc) is 2.57. The molecular formula is C18H25N3O2. The lowest BCUT2D eigenvalue weighted by Crippen LogP contribution is -2.42. The first kappa shape index (κ1) is 17.2. The second kappa shape index (κ2) is 8.50. The molecule has 0 fully saturated rings. The van der Waals surface area contributed by atoms with Crippen molar-refractivity contribution in [1.82, 2.24) is 10.2 Å². The third-order valence-electron chi connectivity index (χ3n) is 4.03. The van der Waals surface area contributed by atoms with Crippen molar-refractivity contribution in [2.45, 2.75) is 26.0 Å². The van der Waals surface area contributed by atoms with Crippen LogP contribution in [0.15, 0.2) is 48.2 Å². The fourth-order valence-electron chi connectivity index (χ4n) is 2.79. The first-order valence-electron chi connectivity index (χ1n) is 7.94. The molecule has 0 spiro atoms. The van der Waals surface area contributed by atoms with Crippen molar-refractivity contribution in [3.05, 3.63) is 59.3 Å². The van der Waals surface area contributed by atoms with Gasteiger partial charge in [0.15, 0.2) is 0 Å². The zero-order valence-electron chi connectivity index (χ0n) is 13.5. The topological polar surface area (TPSA) is 78.6 Å². The number of aliphatic hydroxyl groups excluding tert-OH is 1. The highest BCUT2D eigenvalue weighted by molar-refractivity contribution is 5.96. The summed E-state index contributed by atoms with van der Waals surface area (Å²) in [6.45, 7) is 4.32. The quantitative estimate of drug-likeness (QED) is 0.539. The van der Waals surface area contributed by atoms with E-state index in [0.717, 1.165) is 19.5 Å². The Hall–Kier alpha value is -2.11.